The molecule has 1 amide bonds. The lowest BCUT2D eigenvalue weighted by atomic mass is 10.0. The first-order valence-corrected chi connectivity index (χ1v) is 14.1. The van der Waals surface area contributed by atoms with Gasteiger partial charge in [0.15, 0.2) is 11.3 Å². The van der Waals surface area contributed by atoms with Crippen LogP contribution in [0.1, 0.15) is 40.3 Å². The van der Waals surface area contributed by atoms with Gasteiger partial charge >= 0.3 is 0 Å². The minimum absolute atomic E-state index is 0.117. The fourth-order valence-electron chi connectivity index (χ4n) is 4.92. The third-order valence-corrected chi connectivity index (χ3v) is 8.92. The van der Waals surface area contributed by atoms with Gasteiger partial charge in [-0.3, -0.25) is 4.79 Å². The molecule has 1 aliphatic heterocycles. The van der Waals surface area contributed by atoms with Crippen molar-refractivity contribution >= 4 is 27.3 Å². The van der Waals surface area contributed by atoms with Crippen LogP contribution in [0, 0.1) is 20.8 Å². The number of anilines is 1. The smallest absolute Gasteiger partial charge is 0.276 e. The Morgan fingerprint density at radius 3 is 2.26 bits per heavy atom. The van der Waals surface area contributed by atoms with E-state index in [4.69, 9.17) is 14.5 Å². The highest BCUT2D eigenvalue weighted by Gasteiger charge is 2.30. The van der Waals surface area contributed by atoms with Gasteiger partial charge in [0.2, 0.25) is 10.0 Å². The molecule has 2 aromatic carbocycles. The molecule has 39 heavy (non-hydrogen) atoms. The van der Waals surface area contributed by atoms with Crippen molar-refractivity contribution in [2.45, 2.75) is 38.5 Å². The number of fused-ring (bicyclic) bond motifs is 1. The first-order valence-electron chi connectivity index (χ1n) is 12.6. The summed E-state index contributed by atoms with van der Waals surface area (Å²) in [6, 6.07) is 12.1. The summed E-state index contributed by atoms with van der Waals surface area (Å²) in [5.74, 6) is 0.555. The van der Waals surface area contributed by atoms with Crippen LogP contribution >= 0.6 is 0 Å². The molecule has 0 unspecified atom stereocenters. The molecule has 1 saturated heterocycles. The average molecular weight is 550 g/mol. The first kappa shape index (κ1) is 26.6. The molecule has 0 bridgehead atoms. The van der Waals surface area contributed by atoms with Gasteiger partial charge in [-0.2, -0.15) is 9.40 Å². The van der Waals surface area contributed by atoms with E-state index in [-0.39, 0.29) is 10.6 Å². The Hall–Kier alpha value is -3.96. The number of benzene rings is 2. The Balaban J connectivity index is 1.67. The summed E-state index contributed by atoms with van der Waals surface area (Å²) in [4.78, 5) is 18.6. The van der Waals surface area contributed by atoms with E-state index in [1.54, 1.807) is 47.8 Å². The number of carbonyl (C=O) groups is 1. The lowest BCUT2D eigenvalue weighted by molar-refractivity contribution is 0.102. The Bertz CT molecular complexity index is 1670. The molecule has 0 aliphatic carbocycles. The molecule has 2 aromatic heterocycles. The monoisotopic (exact) mass is 549 g/mol. The van der Waals surface area contributed by atoms with Gasteiger partial charge in [0.05, 0.1) is 24.7 Å². The second kappa shape index (κ2) is 10.3. The maximum Gasteiger partial charge on any atom is 0.276 e. The fourth-order valence-corrected chi connectivity index (χ4v) is 6.68. The summed E-state index contributed by atoms with van der Waals surface area (Å²) in [6.45, 7) is 6.52. The highest BCUT2D eigenvalue weighted by molar-refractivity contribution is 7.89. The number of ether oxygens (including phenoxy) is 2. The van der Waals surface area contributed by atoms with E-state index in [0.29, 0.717) is 52.6 Å². The number of aromatic nitrogens is 3. The third kappa shape index (κ3) is 4.95. The first-order chi connectivity index (χ1) is 18.6. The van der Waals surface area contributed by atoms with E-state index in [9.17, 15) is 13.2 Å². The van der Waals surface area contributed by atoms with Crippen molar-refractivity contribution in [2.24, 2.45) is 0 Å². The lowest BCUT2D eigenvalue weighted by Gasteiger charge is -2.18. The normalized spacial score (nSPS) is 14.1. The second-order valence-corrected chi connectivity index (χ2v) is 11.6. The number of hydrogen-bond acceptors (Lipinski definition) is 7. The van der Waals surface area contributed by atoms with Gasteiger partial charge in [-0.1, -0.05) is 12.1 Å². The van der Waals surface area contributed by atoms with E-state index in [1.807, 2.05) is 19.9 Å². The van der Waals surface area contributed by atoms with Gasteiger partial charge in [0, 0.05) is 48.4 Å². The van der Waals surface area contributed by atoms with E-state index < -0.39 is 15.9 Å². The van der Waals surface area contributed by atoms with Crippen LogP contribution in [0.4, 0.5) is 5.69 Å². The molecule has 0 atom stereocenters. The number of carbonyl (C=O) groups excluding carboxylic acids is 1. The zero-order valence-electron chi connectivity index (χ0n) is 22.6. The van der Waals surface area contributed by atoms with Crippen LogP contribution < -0.4 is 14.8 Å². The molecule has 5 rings (SSSR count). The number of nitrogens with one attached hydrogen (secondary N) is 1. The van der Waals surface area contributed by atoms with E-state index in [0.717, 1.165) is 24.2 Å². The Morgan fingerprint density at radius 1 is 0.949 bits per heavy atom. The predicted octanol–water partition coefficient (Wildman–Crippen LogP) is 4.38. The van der Waals surface area contributed by atoms with Gasteiger partial charge in [0.25, 0.3) is 5.91 Å². The van der Waals surface area contributed by atoms with Crippen LogP contribution in [0.5, 0.6) is 11.5 Å². The average Bonchev–Trinajstić information content (AvgIpc) is 3.58. The molecule has 0 radical (unpaired) electrons. The van der Waals surface area contributed by atoms with Gasteiger partial charge < -0.3 is 14.8 Å². The number of sulfonamides is 1. The van der Waals surface area contributed by atoms with Crippen molar-refractivity contribution in [3.8, 4) is 22.6 Å². The molecule has 4 aromatic rings. The maximum absolute atomic E-state index is 13.7. The van der Waals surface area contributed by atoms with E-state index >= 15 is 0 Å². The van der Waals surface area contributed by atoms with Crippen LogP contribution in [0.3, 0.4) is 0 Å². The molecular weight excluding hydrogens is 518 g/mol. The molecule has 11 heteroatoms. The van der Waals surface area contributed by atoms with Gasteiger partial charge in [0.1, 0.15) is 11.5 Å². The van der Waals surface area contributed by atoms with Gasteiger partial charge in [-0.25, -0.2) is 17.9 Å². The van der Waals surface area contributed by atoms with Crippen molar-refractivity contribution in [3.63, 3.8) is 0 Å². The number of nitrogens with zero attached hydrogens (tertiary/aromatic N) is 4. The predicted molar refractivity (Wildman–Crippen MR) is 148 cm³/mol. The number of aryl methyl sites for hydroxylation is 3. The molecule has 10 nitrogen and oxygen atoms in total. The molecular formula is C28H31N5O5S. The Labute approximate surface area is 227 Å². The molecule has 1 aliphatic rings. The summed E-state index contributed by atoms with van der Waals surface area (Å²) in [6.07, 6.45) is 1.68. The standard InChI is InChI=1S/C28H31N5O5S/c1-17-8-9-20(13-24(17)39(35,36)32-10-6-7-11-32)25-26(31-33-19(3)12-18(2)29-27(25)33)28(34)30-21-14-22(37-4)16-23(15-21)38-5/h8-9,12-16H,6-7,10-11H2,1-5H3,(H,30,34). The van der Waals surface area contributed by atoms with Crippen LogP contribution in [-0.2, 0) is 10.0 Å². The number of rotatable bonds is 7. The van der Waals surface area contributed by atoms with E-state index in [2.05, 4.69) is 10.4 Å². The fraction of sp³-hybridized carbons (Fsp3) is 0.321. The molecule has 3 heterocycles. The van der Waals surface area contributed by atoms with Crippen LogP contribution in [-0.4, -0.2) is 60.5 Å². The molecule has 204 valence electrons. The van der Waals surface area contributed by atoms with Crippen LogP contribution in [0.2, 0.25) is 0 Å². The summed E-state index contributed by atoms with van der Waals surface area (Å²) in [5.41, 5.74) is 4.21. The Morgan fingerprint density at radius 2 is 1.62 bits per heavy atom. The molecule has 0 spiro atoms. The minimum Gasteiger partial charge on any atom is -0.497 e. The number of hydrogen-bond donors (Lipinski definition) is 1. The third-order valence-electron chi connectivity index (χ3n) is 6.88. The topological polar surface area (TPSA) is 115 Å². The van der Waals surface area contributed by atoms with Crippen molar-refractivity contribution in [1.82, 2.24) is 18.9 Å². The van der Waals surface area contributed by atoms with Crippen LogP contribution in [0.25, 0.3) is 16.8 Å². The quantitative estimate of drug-likeness (QED) is 0.364. The van der Waals surface area contributed by atoms with Gasteiger partial charge in [-0.15, -0.1) is 0 Å². The minimum atomic E-state index is -3.69. The van der Waals surface area contributed by atoms with Crippen molar-refractivity contribution in [2.75, 3.05) is 32.6 Å². The lowest BCUT2D eigenvalue weighted by Crippen LogP contribution is -2.28. The SMILES string of the molecule is COc1cc(NC(=O)c2nn3c(C)cc(C)nc3c2-c2ccc(C)c(S(=O)(=O)N3CCCC3)c2)cc(OC)c1. The van der Waals surface area contributed by atoms with Crippen molar-refractivity contribution in [3.05, 3.63) is 65.1 Å². The second-order valence-electron chi connectivity index (χ2n) is 9.64. The summed E-state index contributed by atoms with van der Waals surface area (Å²) in [7, 11) is -0.632. The number of methoxy groups -OCH3 is 2. The molecule has 1 fully saturated rings. The maximum atomic E-state index is 13.7. The molecule has 0 saturated carbocycles. The van der Waals surface area contributed by atoms with Crippen molar-refractivity contribution < 1.29 is 22.7 Å². The van der Waals surface area contributed by atoms with Gasteiger partial charge in [-0.05, 0) is 56.9 Å². The zero-order valence-corrected chi connectivity index (χ0v) is 23.4. The highest BCUT2D eigenvalue weighted by Crippen LogP contribution is 2.34. The Kier molecular flexibility index (Phi) is 7.04. The highest BCUT2D eigenvalue weighted by atomic mass is 32.2. The summed E-state index contributed by atoms with van der Waals surface area (Å²) >= 11 is 0. The number of amides is 1. The molecule has 1 N–H and O–H groups in total. The summed E-state index contributed by atoms with van der Waals surface area (Å²) < 4.78 is 40.8. The van der Waals surface area contributed by atoms with Crippen LogP contribution in [0.15, 0.2) is 47.4 Å². The largest absolute Gasteiger partial charge is 0.497 e. The zero-order chi connectivity index (χ0) is 27.9. The van der Waals surface area contributed by atoms with E-state index in [1.165, 1.54) is 18.5 Å². The summed E-state index contributed by atoms with van der Waals surface area (Å²) in [5, 5.41) is 7.51. The van der Waals surface area contributed by atoms with Crippen molar-refractivity contribution in [1.29, 1.82) is 0 Å².